The van der Waals surface area contributed by atoms with Crippen molar-refractivity contribution in [3.05, 3.63) is 35.4 Å². The van der Waals surface area contributed by atoms with E-state index in [0.717, 1.165) is 18.2 Å². The Morgan fingerprint density at radius 1 is 1.00 bits per heavy atom. The topological polar surface area (TPSA) is 3.24 Å². The predicted molar refractivity (Wildman–Crippen MR) is 65.4 cm³/mol. The maximum atomic E-state index is 12.4. The van der Waals surface area contributed by atoms with Gasteiger partial charge in [-0.15, -0.1) is 0 Å². The van der Waals surface area contributed by atoms with E-state index in [1.807, 2.05) is 19.0 Å². The van der Waals surface area contributed by atoms with Crippen molar-refractivity contribution in [1.29, 1.82) is 0 Å². The molecule has 1 aromatic rings. The summed E-state index contributed by atoms with van der Waals surface area (Å²) in [6, 6.07) is 5.48. The second-order valence-electron chi connectivity index (χ2n) is 4.53. The quantitative estimate of drug-likeness (QED) is 0.749. The van der Waals surface area contributed by atoms with Crippen LogP contribution >= 0.6 is 0 Å². The largest absolute Gasteiger partial charge is 0.416 e. The van der Waals surface area contributed by atoms with Gasteiger partial charge in [0.2, 0.25) is 0 Å². The van der Waals surface area contributed by atoms with Gasteiger partial charge in [0.25, 0.3) is 0 Å². The Bertz CT molecular complexity index is 389. The molecule has 0 unspecified atom stereocenters. The van der Waals surface area contributed by atoms with E-state index in [4.69, 9.17) is 0 Å². The van der Waals surface area contributed by atoms with Crippen LogP contribution in [0, 0.1) is 0 Å². The molecule has 0 aliphatic carbocycles. The van der Waals surface area contributed by atoms with Crippen LogP contribution in [-0.4, -0.2) is 31.7 Å². The summed E-state index contributed by atoms with van der Waals surface area (Å²) < 4.78 is 68.1. The lowest BCUT2D eigenvalue weighted by atomic mass is 10.1. The summed E-state index contributed by atoms with van der Waals surface area (Å²) in [5.74, 6) is 0. The summed E-state index contributed by atoms with van der Waals surface area (Å²) in [5.41, 5.74) is 0.150. The Hall–Kier alpha value is -1.24. The summed E-state index contributed by atoms with van der Waals surface area (Å²) in [7, 11) is 3.79. The molecule has 0 N–H and O–H groups in total. The molecular formula is C13H17F6N. The van der Waals surface area contributed by atoms with Crippen molar-refractivity contribution < 1.29 is 26.3 Å². The number of hydrogen-bond donors (Lipinski definition) is 0. The summed E-state index contributed by atoms with van der Waals surface area (Å²) in [4.78, 5) is 1.94. The first-order chi connectivity index (χ1) is 8.89. The molecule has 0 radical (unpaired) electrons. The fourth-order valence-corrected chi connectivity index (χ4v) is 1.26. The second-order valence-corrected chi connectivity index (χ2v) is 4.53. The van der Waals surface area contributed by atoms with Gasteiger partial charge in [0.1, 0.15) is 0 Å². The monoisotopic (exact) mass is 301 g/mol. The molecule has 20 heavy (non-hydrogen) atoms. The van der Waals surface area contributed by atoms with Crippen LogP contribution in [0.4, 0.5) is 26.3 Å². The molecule has 7 heteroatoms. The van der Waals surface area contributed by atoms with E-state index >= 15 is 0 Å². The predicted octanol–water partition coefficient (Wildman–Crippen LogP) is 4.38. The van der Waals surface area contributed by atoms with Gasteiger partial charge < -0.3 is 4.90 Å². The third kappa shape index (κ3) is 10.7. The van der Waals surface area contributed by atoms with Crippen LogP contribution in [0.25, 0.3) is 0 Å². The summed E-state index contributed by atoms with van der Waals surface area (Å²) in [5, 5.41) is 0. The standard InChI is InChI=1S/C11H14F3N.C2H3F3/c1-15(2)7-6-9-4-3-5-10(8-9)11(12,13)14;1-2(3,4)5/h3-5,8H,6-7H2,1-2H3;1H3. The van der Waals surface area contributed by atoms with Crippen LogP contribution in [0.5, 0.6) is 0 Å². The SMILES string of the molecule is CC(F)(F)F.CN(C)CCc1cccc(C(F)(F)F)c1. The normalized spacial score (nSPS) is 12.1. The van der Waals surface area contributed by atoms with Gasteiger partial charge in [-0.3, -0.25) is 0 Å². The van der Waals surface area contributed by atoms with E-state index in [1.165, 1.54) is 12.1 Å². The molecule has 0 amide bonds. The van der Waals surface area contributed by atoms with E-state index < -0.39 is 17.9 Å². The highest BCUT2D eigenvalue weighted by Crippen LogP contribution is 2.29. The van der Waals surface area contributed by atoms with Crippen LogP contribution in [0.3, 0.4) is 0 Å². The Kier molecular flexibility index (Phi) is 7.05. The fraction of sp³-hybridized carbons (Fsp3) is 0.538. The Morgan fingerprint density at radius 2 is 1.50 bits per heavy atom. The van der Waals surface area contributed by atoms with Crippen molar-refractivity contribution in [2.75, 3.05) is 20.6 Å². The smallest absolute Gasteiger partial charge is 0.309 e. The highest BCUT2D eigenvalue weighted by atomic mass is 19.4. The molecule has 1 aromatic carbocycles. The highest BCUT2D eigenvalue weighted by molar-refractivity contribution is 5.25. The van der Waals surface area contributed by atoms with Gasteiger partial charge in [-0.25, -0.2) is 0 Å². The van der Waals surface area contributed by atoms with Crippen molar-refractivity contribution >= 4 is 0 Å². The minimum Gasteiger partial charge on any atom is -0.309 e. The number of alkyl halides is 6. The maximum Gasteiger partial charge on any atom is 0.416 e. The Labute approximate surface area is 114 Å². The number of hydrogen-bond acceptors (Lipinski definition) is 1. The van der Waals surface area contributed by atoms with E-state index in [-0.39, 0.29) is 6.92 Å². The first-order valence-electron chi connectivity index (χ1n) is 5.77. The van der Waals surface area contributed by atoms with E-state index in [9.17, 15) is 26.3 Å². The van der Waals surface area contributed by atoms with Gasteiger partial charge in [-0.2, -0.15) is 26.3 Å². The zero-order valence-electron chi connectivity index (χ0n) is 11.4. The van der Waals surface area contributed by atoms with Crippen LogP contribution < -0.4 is 0 Å². The molecule has 0 spiro atoms. The Morgan fingerprint density at radius 3 is 1.90 bits per heavy atom. The van der Waals surface area contributed by atoms with E-state index in [0.29, 0.717) is 6.42 Å². The molecule has 1 rings (SSSR count). The summed E-state index contributed by atoms with van der Waals surface area (Å²) in [6.07, 6.45) is -7.61. The first-order valence-corrected chi connectivity index (χ1v) is 5.77. The third-order valence-corrected chi connectivity index (χ3v) is 2.10. The van der Waals surface area contributed by atoms with Crippen LogP contribution in [0.2, 0.25) is 0 Å². The van der Waals surface area contributed by atoms with Gasteiger partial charge in [0, 0.05) is 13.5 Å². The van der Waals surface area contributed by atoms with E-state index in [1.54, 1.807) is 6.07 Å². The summed E-state index contributed by atoms with van der Waals surface area (Å²) >= 11 is 0. The molecule has 0 saturated heterocycles. The van der Waals surface area contributed by atoms with Crippen molar-refractivity contribution in [2.24, 2.45) is 0 Å². The van der Waals surface area contributed by atoms with Gasteiger partial charge in [-0.1, -0.05) is 18.2 Å². The lowest BCUT2D eigenvalue weighted by Crippen LogP contribution is -2.15. The minimum atomic E-state index is -4.24. The zero-order chi connectivity index (χ0) is 16.0. The first kappa shape index (κ1) is 18.8. The second kappa shape index (κ2) is 7.52. The van der Waals surface area contributed by atoms with Crippen LogP contribution in [0.15, 0.2) is 24.3 Å². The number of rotatable bonds is 3. The molecule has 0 saturated carbocycles. The molecule has 0 fully saturated rings. The number of halogens is 6. The number of likely N-dealkylation sites (N-methyl/N-ethyl adjacent to an activating group) is 1. The lowest BCUT2D eigenvalue weighted by molar-refractivity contribution is -0.137. The molecule has 1 nitrogen and oxygen atoms in total. The molecule has 0 aliphatic heterocycles. The van der Waals surface area contributed by atoms with Crippen molar-refractivity contribution in [3.8, 4) is 0 Å². The van der Waals surface area contributed by atoms with Gasteiger partial charge >= 0.3 is 12.4 Å². The molecule has 0 aliphatic rings. The van der Waals surface area contributed by atoms with Crippen molar-refractivity contribution in [2.45, 2.75) is 25.7 Å². The molecular weight excluding hydrogens is 284 g/mol. The number of nitrogens with zero attached hydrogens (tertiary/aromatic N) is 1. The third-order valence-electron chi connectivity index (χ3n) is 2.10. The Balaban J connectivity index is 0.000000621. The van der Waals surface area contributed by atoms with E-state index in [2.05, 4.69) is 0 Å². The highest BCUT2D eigenvalue weighted by Gasteiger charge is 2.30. The zero-order valence-corrected chi connectivity index (χ0v) is 11.4. The molecule has 0 atom stereocenters. The number of benzene rings is 1. The molecule has 0 bridgehead atoms. The fourth-order valence-electron chi connectivity index (χ4n) is 1.26. The molecule has 0 heterocycles. The lowest BCUT2D eigenvalue weighted by Gasteiger charge is -2.11. The average molecular weight is 301 g/mol. The minimum absolute atomic E-state index is 0.188. The molecule has 116 valence electrons. The van der Waals surface area contributed by atoms with Crippen LogP contribution in [-0.2, 0) is 12.6 Å². The van der Waals surface area contributed by atoms with Gasteiger partial charge in [0.15, 0.2) is 0 Å². The van der Waals surface area contributed by atoms with Gasteiger partial charge in [0.05, 0.1) is 5.56 Å². The van der Waals surface area contributed by atoms with Crippen molar-refractivity contribution in [1.82, 2.24) is 4.90 Å². The summed E-state index contributed by atoms with van der Waals surface area (Å²) in [6.45, 7) is 0.939. The average Bonchev–Trinajstić information content (AvgIpc) is 2.23. The van der Waals surface area contributed by atoms with Gasteiger partial charge in [-0.05, 0) is 32.1 Å². The van der Waals surface area contributed by atoms with Crippen LogP contribution in [0.1, 0.15) is 18.1 Å². The molecule has 0 aromatic heterocycles. The van der Waals surface area contributed by atoms with Crippen molar-refractivity contribution in [3.63, 3.8) is 0 Å². The maximum absolute atomic E-state index is 12.4.